The normalized spacial score (nSPS) is 20.2. The van der Waals surface area contributed by atoms with Crippen molar-refractivity contribution in [2.75, 3.05) is 7.05 Å². The van der Waals surface area contributed by atoms with E-state index in [0.29, 0.717) is 0 Å². The van der Waals surface area contributed by atoms with Gasteiger partial charge in [0, 0.05) is 43.2 Å². The maximum Gasteiger partial charge on any atom is 0.169 e. The van der Waals surface area contributed by atoms with Crippen molar-refractivity contribution in [3.05, 3.63) is 78.6 Å². The SMILES string of the molecule is CN1C(=S)N[C@@H](c2ccccn2)[C@@H]1c1cccn1-c1ccncc1. The quantitative estimate of drug-likeness (QED) is 0.746. The Kier molecular flexibility index (Phi) is 3.74. The van der Waals surface area contributed by atoms with Gasteiger partial charge in [-0.3, -0.25) is 9.97 Å². The summed E-state index contributed by atoms with van der Waals surface area (Å²) in [6, 6.07) is 14.2. The van der Waals surface area contributed by atoms with E-state index in [9.17, 15) is 0 Å². The third-order valence-electron chi connectivity index (χ3n) is 4.36. The molecule has 3 aromatic rings. The fourth-order valence-electron chi connectivity index (χ4n) is 3.20. The van der Waals surface area contributed by atoms with E-state index in [1.54, 1.807) is 12.4 Å². The van der Waals surface area contributed by atoms with Gasteiger partial charge < -0.3 is 14.8 Å². The van der Waals surface area contributed by atoms with Gasteiger partial charge >= 0.3 is 0 Å². The second kappa shape index (κ2) is 6.05. The maximum absolute atomic E-state index is 5.50. The highest BCUT2D eigenvalue weighted by Crippen LogP contribution is 2.38. The molecule has 120 valence electrons. The number of nitrogens with zero attached hydrogens (tertiary/aromatic N) is 4. The fraction of sp³-hybridized carbons (Fsp3) is 0.167. The molecule has 0 bridgehead atoms. The van der Waals surface area contributed by atoms with Crippen LogP contribution in [0, 0.1) is 0 Å². The van der Waals surface area contributed by atoms with Gasteiger partial charge in [-0.25, -0.2) is 0 Å². The summed E-state index contributed by atoms with van der Waals surface area (Å²) < 4.78 is 2.17. The number of hydrogen-bond acceptors (Lipinski definition) is 3. The summed E-state index contributed by atoms with van der Waals surface area (Å²) in [7, 11) is 2.02. The Balaban J connectivity index is 1.80. The molecule has 0 aliphatic carbocycles. The summed E-state index contributed by atoms with van der Waals surface area (Å²) in [5.74, 6) is 0. The Morgan fingerprint density at radius 2 is 1.88 bits per heavy atom. The summed E-state index contributed by atoms with van der Waals surface area (Å²) in [4.78, 5) is 10.7. The molecule has 3 aromatic heterocycles. The van der Waals surface area contributed by atoms with E-state index in [1.807, 2.05) is 43.6 Å². The van der Waals surface area contributed by atoms with Gasteiger partial charge in [0.1, 0.15) is 0 Å². The zero-order valence-electron chi connectivity index (χ0n) is 13.2. The molecule has 4 heterocycles. The fourth-order valence-corrected chi connectivity index (χ4v) is 3.44. The van der Waals surface area contributed by atoms with E-state index < -0.39 is 0 Å². The largest absolute Gasteiger partial charge is 0.352 e. The van der Waals surface area contributed by atoms with E-state index in [0.717, 1.165) is 22.2 Å². The summed E-state index contributed by atoms with van der Waals surface area (Å²) >= 11 is 5.50. The topological polar surface area (TPSA) is 46.0 Å². The lowest BCUT2D eigenvalue weighted by Gasteiger charge is -2.25. The second-order valence-corrected chi connectivity index (χ2v) is 6.13. The number of aromatic nitrogens is 3. The Morgan fingerprint density at radius 1 is 1.04 bits per heavy atom. The van der Waals surface area contributed by atoms with Crippen LogP contribution in [0.1, 0.15) is 23.5 Å². The minimum absolute atomic E-state index is 0.0131. The van der Waals surface area contributed by atoms with E-state index in [1.165, 1.54) is 0 Å². The van der Waals surface area contributed by atoms with Crippen LogP contribution in [-0.2, 0) is 0 Å². The molecule has 0 radical (unpaired) electrons. The van der Waals surface area contributed by atoms with Gasteiger partial charge in [0.05, 0.1) is 17.8 Å². The van der Waals surface area contributed by atoms with E-state index >= 15 is 0 Å². The van der Waals surface area contributed by atoms with E-state index in [-0.39, 0.29) is 12.1 Å². The van der Waals surface area contributed by atoms with Gasteiger partial charge in [-0.05, 0) is 48.6 Å². The van der Waals surface area contributed by atoms with Gasteiger partial charge in [0.25, 0.3) is 0 Å². The Labute approximate surface area is 146 Å². The summed E-state index contributed by atoms with van der Waals surface area (Å²) in [5, 5.41) is 4.14. The molecule has 1 saturated heterocycles. The van der Waals surface area contributed by atoms with Crippen molar-refractivity contribution in [2.24, 2.45) is 0 Å². The molecule has 0 unspecified atom stereocenters. The van der Waals surface area contributed by atoms with Crippen LogP contribution in [0.25, 0.3) is 5.69 Å². The van der Waals surface area contributed by atoms with Gasteiger partial charge in [0.2, 0.25) is 0 Å². The van der Waals surface area contributed by atoms with Crippen LogP contribution in [0.3, 0.4) is 0 Å². The summed E-state index contributed by atoms with van der Waals surface area (Å²) in [6.07, 6.45) is 7.49. The van der Waals surface area contributed by atoms with Crippen LogP contribution in [0.4, 0.5) is 0 Å². The predicted octanol–water partition coefficient (Wildman–Crippen LogP) is 2.87. The second-order valence-electron chi connectivity index (χ2n) is 5.75. The smallest absolute Gasteiger partial charge is 0.169 e. The predicted molar refractivity (Wildman–Crippen MR) is 96.8 cm³/mol. The molecule has 24 heavy (non-hydrogen) atoms. The van der Waals surface area contributed by atoms with Crippen molar-refractivity contribution in [3.8, 4) is 5.69 Å². The minimum Gasteiger partial charge on any atom is -0.352 e. The minimum atomic E-state index is 0.0131. The zero-order valence-corrected chi connectivity index (χ0v) is 14.0. The Bertz CT molecular complexity index is 846. The first-order valence-electron chi connectivity index (χ1n) is 7.77. The number of thiocarbonyl (C=S) groups is 1. The van der Waals surface area contributed by atoms with Crippen molar-refractivity contribution in [1.82, 2.24) is 24.8 Å². The standard InChI is InChI=1S/C18H17N5S/c1-22-17(16(21-18(22)24)14-5-2-3-9-20-14)15-6-4-12-23(15)13-7-10-19-11-8-13/h2-12,16-17H,1H3,(H,21,24)/t16-,17-/m0/s1. The van der Waals surface area contributed by atoms with Crippen LogP contribution in [0.15, 0.2) is 67.3 Å². The zero-order chi connectivity index (χ0) is 16.5. The van der Waals surface area contributed by atoms with Crippen LogP contribution in [0.5, 0.6) is 0 Å². The lowest BCUT2D eigenvalue weighted by Crippen LogP contribution is -2.25. The average molecular weight is 335 g/mol. The van der Waals surface area contributed by atoms with Gasteiger partial charge in [-0.15, -0.1) is 0 Å². The van der Waals surface area contributed by atoms with Crippen molar-refractivity contribution < 1.29 is 0 Å². The molecule has 1 aliphatic heterocycles. The first kappa shape index (κ1) is 14.8. The van der Waals surface area contributed by atoms with Gasteiger partial charge in [0.15, 0.2) is 5.11 Å². The molecular formula is C18H17N5S. The van der Waals surface area contributed by atoms with Gasteiger partial charge in [-0.1, -0.05) is 6.07 Å². The third-order valence-corrected chi connectivity index (χ3v) is 4.77. The maximum atomic E-state index is 5.50. The lowest BCUT2D eigenvalue weighted by atomic mass is 10.0. The summed E-state index contributed by atoms with van der Waals surface area (Å²) in [6.45, 7) is 0. The molecule has 1 N–H and O–H groups in total. The third kappa shape index (κ3) is 2.45. The van der Waals surface area contributed by atoms with E-state index in [4.69, 9.17) is 12.2 Å². The lowest BCUT2D eigenvalue weighted by molar-refractivity contribution is 0.357. The molecule has 5 nitrogen and oxygen atoms in total. The number of likely N-dealkylation sites (N-methyl/N-ethyl adjacent to an activating group) is 1. The number of pyridine rings is 2. The number of rotatable bonds is 3. The molecule has 6 heteroatoms. The highest BCUT2D eigenvalue weighted by atomic mass is 32.1. The van der Waals surface area contributed by atoms with Crippen LogP contribution < -0.4 is 5.32 Å². The molecule has 2 atom stereocenters. The van der Waals surface area contributed by atoms with Crippen LogP contribution in [0.2, 0.25) is 0 Å². The van der Waals surface area contributed by atoms with Crippen molar-refractivity contribution in [1.29, 1.82) is 0 Å². The molecule has 0 amide bonds. The highest BCUT2D eigenvalue weighted by Gasteiger charge is 2.39. The highest BCUT2D eigenvalue weighted by molar-refractivity contribution is 7.80. The average Bonchev–Trinajstić information content (AvgIpc) is 3.22. The molecule has 4 rings (SSSR count). The molecule has 0 saturated carbocycles. The molecule has 0 aromatic carbocycles. The Morgan fingerprint density at radius 3 is 2.62 bits per heavy atom. The molecule has 0 spiro atoms. The summed E-state index contributed by atoms with van der Waals surface area (Å²) in [5.41, 5.74) is 3.22. The molecule has 1 fully saturated rings. The Hall–Kier alpha value is -2.73. The van der Waals surface area contributed by atoms with Crippen LogP contribution in [-0.4, -0.2) is 31.6 Å². The van der Waals surface area contributed by atoms with E-state index in [2.05, 4.69) is 43.1 Å². The van der Waals surface area contributed by atoms with Crippen molar-refractivity contribution in [3.63, 3.8) is 0 Å². The number of nitrogens with one attached hydrogen (secondary N) is 1. The van der Waals surface area contributed by atoms with Crippen molar-refractivity contribution >= 4 is 17.3 Å². The first-order valence-corrected chi connectivity index (χ1v) is 8.18. The van der Waals surface area contributed by atoms with Crippen LogP contribution >= 0.6 is 12.2 Å². The van der Waals surface area contributed by atoms with Gasteiger partial charge in [-0.2, -0.15) is 0 Å². The van der Waals surface area contributed by atoms with Crippen molar-refractivity contribution in [2.45, 2.75) is 12.1 Å². The first-order chi connectivity index (χ1) is 11.8. The molecular weight excluding hydrogens is 318 g/mol. The number of hydrogen-bond donors (Lipinski definition) is 1. The monoisotopic (exact) mass is 335 g/mol. The molecule has 1 aliphatic rings.